The van der Waals surface area contributed by atoms with E-state index in [4.69, 9.17) is 0 Å². The molecule has 1 heteroatoms. The van der Waals surface area contributed by atoms with Gasteiger partial charge in [0.2, 0.25) is 0 Å². The highest BCUT2D eigenvalue weighted by Gasteiger charge is 2.45. The van der Waals surface area contributed by atoms with Crippen molar-refractivity contribution in [1.82, 2.24) is 0 Å². The Labute approximate surface area is 99.0 Å². The average Bonchev–Trinajstić information content (AvgIpc) is 2.86. The van der Waals surface area contributed by atoms with Gasteiger partial charge in [0.1, 0.15) is 5.78 Å². The van der Waals surface area contributed by atoms with Gasteiger partial charge in [-0.1, -0.05) is 20.3 Å². The number of carbonyl (C=O) groups is 1. The second-order valence-corrected chi connectivity index (χ2v) is 6.77. The van der Waals surface area contributed by atoms with Gasteiger partial charge in [-0.05, 0) is 55.8 Å². The SMILES string of the molecule is C[C@@H]1CC([C@H]2C[C@@H]3CC[C@@H]2C3)C[C@H](C)C1=O. The molecule has 0 saturated heterocycles. The Hall–Kier alpha value is -0.330. The molecule has 0 radical (unpaired) electrons. The first-order chi connectivity index (χ1) is 7.65. The van der Waals surface area contributed by atoms with Crippen molar-refractivity contribution in [3.63, 3.8) is 0 Å². The maximum Gasteiger partial charge on any atom is 0.138 e. The maximum absolute atomic E-state index is 11.8. The van der Waals surface area contributed by atoms with E-state index in [0.29, 0.717) is 17.6 Å². The van der Waals surface area contributed by atoms with Crippen molar-refractivity contribution < 1.29 is 4.79 Å². The zero-order valence-corrected chi connectivity index (χ0v) is 10.6. The summed E-state index contributed by atoms with van der Waals surface area (Å²) in [5, 5.41) is 0. The van der Waals surface area contributed by atoms with Gasteiger partial charge < -0.3 is 0 Å². The smallest absolute Gasteiger partial charge is 0.138 e. The second-order valence-electron chi connectivity index (χ2n) is 6.77. The van der Waals surface area contributed by atoms with Crippen molar-refractivity contribution >= 4 is 5.78 Å². The van der Waals surface area contributed by atoms with Gasteiger partial charge in [0, 0.05) is 11.8 Å². The molecule has 16 heavy (non-hydrogen) atoms. The predicted octanol–water partition coefficient (Wildman–Crippen LogP) is 3.67. The lowest BCUT2D eigenvalue weighted by Crippen LogP contribution is -2.34. The molecule has 0 N–H and O–H groups in total. The molecule has 0 aromatic heterocycles. The van der Waals surface area contributed by atoms with Crippen LogP contribution in [0.5, 0.6) is 0 Å². The minimum atomic E-state index is 0.341. The molecular weight excluding hydrogens is 196 g/mol. The normalized spacial score (nSPS) is 52.2. The molecule has 3 rings (SSSR count). The van der Waals surface area contributed by atoms with Gasteiger partial charge in [-0.25, -0.2) is 0 Å². The number of hydrogen-bond acceptors (Lipinski definition) is 1. The Morgan fingerprint density at radius 2 is 1.56 bits per heavy atom. The molecule has 0 spiro atoms. The fourth-order valence-electron chi connectivity index (χ4n) is 4.94. The van der Waals surface area contributed by atoms with Crippen LogP contribution in [0, 0.1) is 35.5 Å². The van der Waals surface area contributed by atoms with Crippen molar-refractivity contribution in [3.8, 4) is 0 Å². The summed E-state index contributed by atoms with van der Waals surface area (Å²) in [4.78, 5) is 11.8. The lowest BCUT2D eigenvalue weighted by atomic mass is 9.67. The number of carbonyl (C=O) groups excluding carboxylic acids is 1. The van der Waals surface area contributed by atoms with E-state index in [9.17, 15) is 4.79 Å². The number of ketones is 1. The van der Waals surface area contributed by atoms with E-state index >= 15 is 0 Å². The Morgan fingerprint density at radius 1 is 0.875 bits per heavy atom. The Morgan fingerprint density at radius 3 is 2.06 bits per heavy atom. The lowest BCUT2D eigenvalue weighted by Gasteiger charge is -2.37. The van der Waals surface area contributed by atoms with E-state index < -0.39 is 0 Å². The lowest BCUT2D eigenvalue weighted by molar-refractivity contribution is -0.130. The number of rotatable bonds is 1. The van der Waals surface area contributed by atoms with Crippen LogP contribution >= 0.6 is 0 Å². The Balaban J connectivity index is 1.69. The minimum absolute atomic E-state index is 0.341. The van der Waals surface area contributed by atoms with Gasteiger partial charge >= 0.3 is 0 Å². The monoisotopic (exact) mass is 220 g/mol. The van der Waals surface area contributed by atoms with Gasteiger partial charge in [-0.2, -0.15) is 0 Å². The van der Waals surface area contributed by atoms with Gasteiger partial charge in [0.15, 0.2) is 0 Å². The van der Waals surface area contributed by atoms with E-state index in [1.54, 1.807) is 0 Å². The van der Waals surface area contributed by atoms with E-state index in [1.165, 1.54) is 38.5 Å². The van der Waals surface area contributed by atoms with Crippen LogP contribution in [0.3, 0.4) is 0 Å². The standard InChI is InChI=1S/C15H24O/c1-9-5-13(6-10(2)15(9)16)14-8-11-3-4-12(14)7-11/h9-14H,3-8H2,1-2H3/t9-,10+,11-,12-,13?,14+/m1/s1. The van der Waals surface area contributed by atoms with Gasteiger partial charge in [-0.15, -0.1) is 0 Å². The summed E-state index contributed by atoms with van der Waals surface area (Å²) in [5.74, 6) is 5.15. The first-order valence-corrected chi connectivity index (χ1v) is 7.19. The molecule has 1 nitrogen and oxygen atoms in total. The Kier molecular flexibility index (Phi) is 2.60. The van der Waals surface area contributed by atoms with Crippen LogP contribution in [-0.2, 0) is 4.79 Å². The summed E-state index contributed by atoms with van der Waals surface area (Å²) in [6.45, 7) is 4.30. The average molecular weight is 220 g/mol. The quantitative estimate of drug-likeness (QED) is 0.659. The molecule has 1 unspecified atom stereocenters. The third-order valence-electron chi connectivity index (χ3n) is 5.68. The molecule has 6 atom stereocenters. The highest BCUT2D eigenvalue weighted by Crippen LogP contribution is 2.54. The third kappa shape index (κ3) is 1.63. The van der Waals surface area contributed by atoms with Crippen molar-refractivity contribution in [3.05, 3.63) is 0 Å². The third-order valence-corrected chi connectivity index (χ3v) is 5.68. The number of fused-ring (bicyclic) bond motifs is 2. The van der Waals surface area contributed by atoms with Crippen molar-refractivity contribution in [2.75, 3.05) is 0 Å². The second kappa shape index (κ2) is 3.85. The van der Waals surface area contributed by atoms with E-state index in [2.05, 4.69) is 13.8 Å². The summed E-state index contributed by atoms with van der Waals surface area (Å²) in [5.41, 5.74) is 0. The first kappa shape index (κ1) is 10.8. The number of Topliss-reactive ketones (excluding diaryl/α,β-unsaturated/α-hetero) is 1. The van der Waals surface area contributed by atoms with Gasteiger partial charge in [0.05, 0.1) is 0 Å². The van der Waals surface area contributed by atoms with Crippen LogP contribution in [0.2, 0.25) is 0 Å². The maximum atomic E-state index is 11.8. The summed E-state index contributed by atoms with van der Waals surface area (Å²) < 4.78 is 0. The van der Waals surface area contributed by atoms with Gasteiger partial charge in [-0.3, -0.25) is 4.79 Å². The largest absolute Gasteiger partial charge is 0.299 e. The highest BCUT2D eigenvalue weighted by atomic mass is 16.1. The van der Waals surface area contributed by atoms with E-state index in [-0.39, 0.29) is 0 Å². The van der Waals surface area contributed by atoms with Crippen LogP contribution in [0.25, 0.3) is 0 Å². The van der Waals surface area contributed by atoms with Crippen LogP contribution < -0.4 is 0 Å². The molecule has 3 saturated carbocycles. The van der Waals surface area contributed by atoms with Crippen LogP contribution in [0.4, 0.5) is 0 Å². The molecule has 0 heterocycles. The number of hydrogen-bond donors (Lipinski definition) is 0. The molecule has 0 aliphatic heterocycles. The Bertz CT molecular complexity index is 282. The molecule has 90 valence electrons. The zero-order valence-electron chi connectivity index (χ0n) is 10.6. The van der Waals surface area contributed by atoms with Crippen LogP contribution in [-0.4, -0.2) is 5.78 Å². The summed E-state index contributed by atoms with van der Waals surface area (Å²) in [7, 11) is 0. The van der Waals surface area contributed by atoms with Crippen molar-refractivity contribution in [2.45, 2.75) is 52.4 Å². The molecule has 0 aromatic rings. The van der Waals surface area contributed by atoms with E-state index in [0.717, 1.165) is 23.7 Å². The zero-order chi connectivity index (χ0) is 11.3. The summed E-state index contributed by atoms with van der Waals surface area (Å²) >= 11 is 0. The van der Waals surface area contributed by atoms with Crippen LogP contribution in [0.1, 0.15) is 52.4 Å². The van der Waals surface area contributed by atoms with E-state index in [1.807, 2.05) is 0 Å². The fraction of sp³-hybridized carbons (Fsp3) is 0.933. The fourth-order valence-corrected chi connectivity index (χ4v) is 4.94. The predicted molar refractivity (Wildman–Crippen MR) is 65.0 cm³/mol. The molecule has 3 fully saturated rings. The van der Waals surface area contributed by atoms with Crippen LogP contribution in [0.15, 0.2) is 0 Å². The highest BCUT2D eigenvalue weighted by molar-refractivity contribution is 5.83. The minimum Gasteiger partial charge on any atom is -0.299 e. The molecule has 0 amide bonds. The van der Waals surface area contributed by atoms with Crippen molar-refractivity contribution in [2.24, 2.45) is 35.5 Å². The summed E-state index contributed by atoms with van der Waals surface area (Å²) in [6, 6.07) is 0. The topological polar surface area (TPSA) is 17.1 Å². The molecule has 0 aromatic carbocycles. The molecular formula is C15H24O. The van der Waals surface area contributed by atoms with Gasteiger partial charge in [0.25, 0.3) is 0 Å². The molecule has 2 bridgehead atoms. The molecule has 3 aliphatic rings. The molecule has 3 aliphatic carbocycles. The summed E-state index contributed by atoms with van der Waals surface area (Å²) in [6.07, 6.45) is 8.37. The van der Waals surface area contributed by atoms with Crippen molar-refractivity contribution in [1.29, 1.82) is 0 Å². The first-order valence-electron chi connectivity index (χ1n) is 7.19.